The van der Waals surface area contributed by atoms with Gasteiger partial charge < -0.3 is 14.8 Å². The molecule has 1 fully saturated rings. The monoisotopic (exact) mass is 327 g/mol. The van der Waals surface area contributed by atoms with Gasteiger partial charge in [0.25, 0.3) is 0 Å². The van der Waals surface area contributed by atoms with Crippen LogP contribution in [0.3, 0.4) is 0 Å². The minimum atomic E-state index is 0.350. The zero-order chi connectivity index (χ0) is 15.2. The van der Waals surface area contributed by atoms with Gasteiger partial charge in [0.1, 0.15) is 0 Å². The SMILES string of the molecule is CCNC(c1ccc(OC)c(OC)c1)C1SCCSC1C. The number of hydrogen-bond donors (Lipinski definition) is 1. The molecule has 0 saturated carbocycles. The minimum absolute atomic E-state index is 0.350. The highest BCUT2D eigenvalue weighted by Crippen LogP contribution is 2.40. The fourth-order valence-corrected chi connectivity index (χ4v) is 5.65. The van der Waals surface area contributed by atoms with Crippen molar-refractivity contribution in [3.63, 3.8) is 0 Å². The summed E-state index contributed by atoms with van der Waals surface area (Å²) in [5.41, 5.74) is 1.28. The van der Waals surface area contributed by atoms with Gasteiger partial charge in [-0.3, -0.25) is 0 Å². The van der Waals surface area contributed by atoms with Gasteiger partial charge in [-0.15, -0.1) is 0 Å². The summed E-state index contributed by atoms with van der Waals surface area (Å²) in [4.78, 5) is 0. The Labute approximate surface area is 136 Å². The summed E-state index contributed by atoms with van der Waals surface area (Å²) >= 11 is 4.16. The van der Waals surface area contributed by atoms with Crippen molar-refractivity contribution in [2.75, 3.05) is 32.3 Å². The van der Waals surface area contributed by atoms with E-state index in [4.69, 9.17) is 9.47 Å². The molecule has 0 bridgehead atoms. The highest BCUT2D eigenvalue weighted by Gasteiger charge is 2.31. The highest BCUT2D eigenvalue weighted by molar-refractivity contribution is 8.07. The third kappa shape index (κ3) is 4.02. The van der Waals surface area contributed by atoms with Gasteiger partial charge in [-0.1, -0.05) is 19.9 Å². The summed E-state index contributed by atoms with van der Waals surface area (Å²) in [5.74, 6) is 4.08. The predicted molar refractivity (Wildman–Crippen MR) is 94.1 cm³/mol. The molecule has 0 aliphatic carbocycles. The van der Waals surface area contributed by atoms with Crippen molar-refractivity contribution in [1.82, 2.24) is 5.32 Å². The maximum atomic E-state index is 5.45. The van der Waals surface area contributed by atoms with Crippen molar-refractivity contribution in [3.05, 3.63) is 23.8 Å². The Kier molecular flexibility index (Phi) is 6.58. The first kappa shape index (κ1) is 16.8. The number of benzene rings is 1. The van der Waals surface area contributed by atoms with Crippen LogP contribution in [0.2, 0.25) is 0 Å². The molecule has 0 radical (unpaired) electrons. The lowest BCUT2D eigenvalue weighted by Crippen LogP contribution is -2.37. The second-order valence-electron chi connectivity index (χ2n) is 5.06. The normalized spacial score (nSPS) is 23.6. The van der Waals surface area contributed by atoms with Gasteiger partial charge in [0.15, 0.2) is 11.5 Å². The van der Waals surface area contributed by atoms with Crippen LogP contribution in [0.5, 0.6) is 11.5 Å². The van der Waals surface area contributed by atoms with Crippen molar-refractivity contribution < 1.29 is 9.47 Å². The van der Waals surface area contributed by atoms with E-state index in [1.807, 2.05) is 6.07 Å². The number of hydrogen-bond acceptors (Lipinski definition) is 5. The highest BCUT2D eigenvalue weighted by atomic mass is 32.2. The average molecular weight is 328 g/mol. The first-order valence-corrected chi connectivity index (χ1v) is 9.49. The van der Waals surface area contributed by atoms with Crippen molar-refractivity contribution in [3.8, 4) is 11.5 Å². The molecule has 1 aliphatic rings. The third-order valence-corrected chi connectivity index (χ3v) is 6.95. The molecule has 1 N–H and O–H groups in total. The molecule has 3 nitrogen and oxygen atoms in total. The molecule has 0 aromatic heterocycles. The molecule has 3 unspecified atom stereocenters. The molecular weight excluding hydrogens is 302 g/mol. The van der Waals surface area contributed by atoms with E-state index in [1.165, 1.54) is 17.1 Å². The van der Waals surface area contributed by atoms with Gasteiger partial charge in [0.2, 0.25) is 0 Å². The minimum Gasteiger partial charge on any atom is -0.493 e. The third-order valence-electron chi connectivity index (χ3n) is 3.76. The van der Waals surface area contributed by atoms with E-state index in [0.717, 1.165) is 18.0 Å². The molecular formula is C16H25NO2S2. The molecule has 1 aromatic carbocycles. The number of methoxy groups -OCH3 is 2. The Morgan fingerprint density at radius 1 is 1.19 bits per heavy atom. The Balaban J connectivity index is 2.28. The molecule has 21 heavy (non-hydrogen) atoms. The summed E-state index contributed by atoms with van der Waals surface area (Å²) < 4.78 is 10.8. The maximum absolute atomic E-state index is 5.45. The second kappa shape index (κ2) is 8.20. The van der Waals surface area contributed by atoms with Gasteiger partial charge in [-0.2, -0.15) is 23.5 Å². The molecule has 118 valence electrons. The van der Waals surface area contributed by atoms with Gasteiger partial charge in [-0.05, 0) is 24.2 Å². The molecule has 3 atom stereocenters. The van der Waals surface area contributed by atoms with E-state index >= 15 is 0 Å². The van der Waals surface area contributed by atoms with Crippen LogP contribution in [-0.2, 0) is 0 Å². The summed E-state index contributed by atoms with van der Waals surface area (Å²) in [6.07, 6.45) is 0. The van der Waals surface area contributed by atoms with Gasteiger partial charge in [-0.25, -0.2) is 0 Å². The van der Waals surface area contributed by atoms with Gasteiger partial charge >= 0.3 is 0 Å². The van der Waals surface area contributed by atoms with E-state index < -0.39 is 0 Å². The quantitative estimate of drug-likeness (QED) is 0.863. The van der Waals surface area contributed by atoms with Crippen molar-refractivity contribution in [2.24, 2.45) is 0 Å². The van der Waals surface area contributed by atoms with E-state index in [1.54, 1.807) is 14.2 Å². The lowest BCUT2D eigenvalue weighted by Gasteiger charge is -2.35. The van der Waals surface area contributed by atoms with E-state index in [0.29, 0.717) is 16.5 Å². The second-order valence-corrected chi connectivity index (χ2v) is 7.83. The van der Waals surface area contributed by atoms with Crippen LogP contribution in [-0.4, -0.2) is 42.8 Å². The summed E-state index contributed by atoms with van der Waals surface area (Å²) in [6.45, 7) is 5.47. The van der Waals surface area contributed by atoms with Crippen LogP contribution >= 0.6 is 23.5 Å². The largest absolute Gasteiger partial charge is 0.493 e. The number of rotatable bonds is 6. The van der Waals surface area contributed by atoms with Gasteiger partial charge in [0, 0.05) is 28.0 Å². The van der Waals surface area contributed by atoms with Crippen LogP contribution in [0, 0.1) is 0 Å². The number of nitrogens with one attached hydrogen (secondary N) is 1. The maximum Gasteiger partial charge on any atom is 0.161 e. The first-order chi connectivity index (χ1) is 10.2. The average Bonchev–Trinajstić information content (AvgIpc) is 2.53. The van der Waals surface area contributed by atoms with Crippen molar-refractivity contribution in [2.45, 2.75) is 30.4 Å². The number of ether oxygens (including phenoxy) is 2. The molecule has 0 amide bonds. The van der Waals surface area contributed by atoms with Crippen LogP contribution in [0.25, 0.3) is 0 Å². The fraction of sp³-hybridized carbons (Fsp3) is 0.625. The Bertz CT molecular complexity index is 456. The molecule has 5 heteroatoms. The summed E-state index contributed by atoms with van der Waals surface area (Å²) in [7, 11) is 3.37. The zero-order valence-corrected chi connectivity index (χ0v) is 14.9. The predicted octanol–water partition coefficient (Wildman–Crippen LogP) is 3.59. The van der Waals surface area contributed by atoms with E-state index in [9.17, 15) is 0 Å². The molecule has 1 aromatic rings. The molecule has 1 saturated heterocycles. The first-order valence-electron chi connectivity index (χ1n) is 7.39. The number of thioether (sulfide) groups is 2. The Morgan fingerprint density at radius 3 is 2.52 bits per heavy atom. The van der Waals surface area contributed by atoms with Crippen molar-refractivity contribution >= 4 is 23.5 Å². The van der Waals surface area contributed by atoms with Crippen LogP contribution in [0.1, 0.15) is 25.5 Å². The lowest BCUT2D eigenvalue weighted by molar-refractivity contribution is 0.353. The Hall–Kier alpha value is -0.520. The van der Waals surface area contributed by atoms with Gasteiger partial charge in [0.05, 0.1) is 14.2 Å². The molecule has 0 spiro atoms. The zero-order valence-electron chi connectivity index (χ0n) is 13.2. The summed E-state index contributed by atoms with van der Waals surface area (Å²) in [6, 6.07) is 6.62. The van der Waals surface area contributed by atoms with Crippen LogP contribution in [0.4, 0.5) is 0 Å². The Morgan fingerprint density at radius 2 is 1.90 bits per heavy atom. The van der Waals surface area contributed by atoms with Crippen LogP contribution < -0.4 is 14.8 Å². The smallest absolute Gasteiger partial charge is 0.161 e. The standard InChI is InChI=1S/C16H25NO2S2/c1-5-17-15(16-11(2)20-8-9-21-16)12-6-7-13(18-3)14(10-12)19-4/h6-7,10-11,15-17H,5,8-9H2,1-4H3. The fourth-order valence-electron chi connectivity index (χ4n) is 2.71. The summed E-state index contributed by atoms with van der Waals surface area (Å²) in [5, 5.41) is 4.90. The van der Waals surface area contributed by atoms with Crippen LogP contribution in [0.15, 0.2) is 18.2 Å². The topological polar surface area (TPSA) is 30.5 Å². The van der Waals surface area contributed by atoms with E-state index in [2.05, 4.69) is 54.8 Å². The molecule has 1 aliphatic heterocycles. The van der Waals surface area contributed by atoms with Crippen molar-refractivity contribution in [1.29, 1.82) is 0 Å². The van der Waals surface area contributed by atoms with E-state index in [-0.39, 0.29) is 0 Å². The lowest BCUT2D eigenvalue weighted by atomic mass is 10.0. The molecule has 2 rings (SSSR count). The molecule has 1 heterocycles.